The van der Waals surface area contributed by atoms with Gasteiger partial charge in [-0.1, -0.05) is 0 Å². The molecule has 1 N–H and O–H groups in total. The van der Waals surface area contributed by atoms with Crippen LogP contribution in [0.4, 0.5) is 16.0 Å². The van der Waals surface area contributed by atoms with Crippen LogP contribution in [0.25, 0.3) is 0 Å². The highest BCUT2D eigenvalue weighted by Gasteiger charge is 2.14. The summed E-state index contributed by atoms with van der Waals surface area (Å²) in [6, 6.07) is 5.91. The SMILES string of the molecule is CS(=O)(=O)c1ccc(F)c(NCc2ccc([N+](=O)[O-])o2)c1. The molecule has 0 aliphatic rings. The standard InChI is InChI=1S/C12H11FN2O5S/c1-21(18,19)9-3-4-10(13)11(6-9)14-7-8-2-5-12(20-8)15(16)17/h2-6,14H,7H2,1H3. The fourth-order valence-electron chi connectivity index (χ4n) is 1.61. The normalized spacial score (nSPS) is 11.3. The van der Waals surface area contributed by atoms with Crippen LogP contribution in [0.15, 0.2) is 39.6 Å². The number of rotatable bonds is 5. The van der Waals surface area contributed by atoms with Gasteiger partial charge in [-0.3, -0.25) is 10.1 Å². The fraction of sp³-hybridized carbons (Fsp3) is 0.167. The maximum atomic E-state index is 13.6. The van der Waals surface area contributed by atoms with Crippen LogP contribution in [0.3, 0.4) is 0 Å². The van der Waals surface area contributed by atoms with Crippen molar-refractivity contribution in [1.82, 2.24) is 0 Å². The molecule has 0 fully saturated rings. The smallest absolute Gasteiger partial charge is 0.404 e. The monoisotopic (exact) mass is 314 g/mol. The van der Waals surface area contributed by atoms with E-state index in [0.29, 0.717) is 0 Å². The van der Waals surface area contributed by atoms with Crippen LogP contribution in [0, 0.1) is 15.9 Å². The zero-order valence-corrected chi connectivity index (χ0v) is 11.7. The average Bonchev–Trinajstić information content (AvgIpc) is 2.85. The summed E-state index contributed by atoms with van der Waals surface area (Å²) in [5.41, 5.74) is -0.0306. The third kappa shape index (κ3) is 3.57. The van der Waals surface area contributed by atoms with Crippen molar-refractivity contribution in [2.75, 3.05) is 11.6 Å². The van der Waals surface area contributed by atoms with Gasteiger partial charge in [0.2, 0.25) is 0 Å². The molecule has 0 amide bonds. The summed E-state index contributed by atoms with van der Waals surface area (Å²) in [5, 5.41) is 13.1. The van der Waals surface area contributed by atoms with Gasteiger partial charge in [-0.15, -0.1) is 0 Å². The minimum absolute atomic E-state index is 0.0159. The van der Waals surface area contributed by atoms with E-state index in [2.05, 4.69) is 5.32 Å². The Bertz CT molecular complexity index is 785. The molecule has 112 valence electrons. The first-order valence-electron chi connectivity index (χ1n) is 5.74. The lowest BCUT2D eigenvalue weighted by atomic mass is 10.3. The largest absolute Gasteiger partial charge is 0.433 e. The second-order valence-electron chi connectivity index (χ2n) is 4.26. The Balaban J connectivity index is 2.17. The molecule has 0 radical (unpaired) electrons. The van der Waals surface area contributed by atoms with Crippen LogP contribution in [0.2, 0.25) is 0 Å². The van der Waals surface area contributed by atoms with Gasteiger partial charge in [0.1, 0.15) is 16.5 Å². The molecule has 0 saturated heterocycles. The lowest BCUT2D eigenvalue weighted by Gasteiger charge is -2.07. The van der Waals surface area contributed by atoms with Gasteiger partial charge in [-0.25, -0.2) is 12.8 Å². The third-order valence-electron chi connectivity index (χ3n) is 2.65. The molecule has 0 aliphatic carbocycles. The minimum Gasteiger partial charge on any atom is -0.404 e. The van der Waals surface area contributed by atoms with Gasteiger partial charge < -0.3 is 9.73 Å². The van der Waals surface area contributed by atoms with Crippen LogP contribution in [0.1, 0.15) is 5.76 Å². The highest BCUT2D eigenvalue weighted by atomic mass is 32.2. The molecule has 0 saturated carbocycles. The lowest BCUT2D eigenvalue weighted by Crippen LogP contribution is -2.03. The molecule has 9 heteroatoms. The van der Waals surface area contributed by atoms with Crippen LogP contribution < -0.4 is 5.32 Å². The van der Waals surface area contributed by atoms with E-state index in [0.717, 1.165) is 24.5 Å². The van der Waals surface area contributed by atoms with Crippen LogP contribution in [-0.2, 0) is 16.4 Å². The van der Waals surface area contributed by atoms with E-state index in [-0.39, 0.29) is 22.9 Å². The van der Waals surface area contributed by atoms with Crippen molar-refractivity contribution in [3.8, 4) is 0 Å². The van der Waals surface area contributed by atoms with E-state index in [1.165, 1.54) is 12.1 Å². The Morgan fingerprint density at radius 3 is 2.62 bits per heavy atom. The summed E-state index contributed by atoms with van der Waals surface area (Å²) in [5.74, 6) is -0.827. The van der Waals surface area contributed by atoms with Crippen LogP contribution in [-0.4, -0.2) is 19.6 Å². The number of hydrogen-bond donors (Lipinski definition) is 1. The summed E-state index contributed by atoms with van der Waals surface area (Å²) in [6.07, 6.45) is 1.01. The number of furan rings is 1. The molecule has 7 nitrogen and oxygen atoms in total. The molecule has 2 aromatic rings. The minimum atomic E-state index is -3.45. The second kappa shape index (κ2) is 5.52. The predicted octanol–water partition coefficient (Wildman–Crippen LogP) is 2.34. The number of halogens is 1. The Kier molecular flexibility index (Phi) is 3.94. The molecule has 2 rings (SSSR count). The van der Waals surface area contributed by atoms with Crippen molar-refractivity contribution in [1.29, 1.82) is 0 Å². The highest BCUT2D eigenvalue weighted by molar-refractivity contribution is 7.90. The topological polar surface area (TPSA) is 102 Å². The van der Waals surface area contributed by atoms with Gasteiger partial charge in [0.25, 0.3) is 0 Å². The molecule has 0 bridgehead atoms. The summed E-state index contributed by atoms with van der Waals surface area (Å²) >= 11 is 0. The zero-order valence-electron chi connectivity index (χ0n) is 10.9. The fourth-order valence-corrected chi connectivity index (χ4v) is 2.26. The van der Waals surface area contributed by atoms with Gasteiger partial charge in [0.15, 0.2) is 9.84 Å². The maximum Gasteiger partial charge on any atom is 0.433 e. The molecular formula is C12H11FN2O5S. The van der Waals surface area contributed by atoms with Crippen LogP contribution in [0.5, 0.6) is 0 Å². The molecule has 0 aliphatic heterocycles. The quantitative estimate of drug-likeness (QED) is 0.516. The Morgan fingerprint density at radius 2 is 2.05 bits per heavy atom. The predicted molar refractivity (Wildman–Crippen MR) is 72.2 cm³/mol. The van der Waals surface area contributed by atoms with Gasteiger partial charge in [-0.2, -0.15) is 0 Å². The Hall–Kier alpha value is -2.42. The molecule has 21 heavy (non-hydrogen) atoms. The van der Waals surface area contributed by atoms with Gasteiger partial charge in [0.05, 0.1) is 23.2 Å². The van der Waals surface area contributed by atoms with Crippen molar-refractivity contribution >= 4 is 21.4 Å². The number of nitrogens with one attached hydrogen (secondary N) is 1. The molecule has 0 atom stereocenters. The molecule has 0 unspecified atom stereocenters. The van der Waals surface area contributed by atoms with Crippen molar-refractivity contribution in [3.05, 3.63) is 52.0 Å². The highest BCUT2D eigenvalue weighted by Crippen LogP contribution is 2.21. The van der Waals surface area contributed by atoms with Gasteiger partial charge in [0, 0.05) is 6.26 Å². The van der Waals surface area contributed by atoms with Crippen LogP contribution >= 0.6 is 0 Å². The molecule has 0 spiro atoms. The zero-order chi connectivity index (χ0) is 15.6. The second-order valence-corrected chi connectivity index (χ2v) is 6.28. The molecular weight excluding hydrogens is 303 g/mol. The number of nitrogens with zero attached hydrogens (tertiary/aromatic N) is 1. The Labute approximate surface area is 119 Å². The summed E-state index contributed by atoms with van der Waals surface area (Å²) in [6.45, 7) is -0.0159. The number of benzene rings is 1. The van der Waals surface area contributed by atoms with Crippen molar-refractivity contribution in [2.45, 2.75) is 11.4 Å². The summed E-state index contributed by atoms with van der Waals surface area (Å²) < 4.78 is 41.3. The van der Waals surface area contributed by atoms with E-state index in [9.17, 15) is 22.9 Å². The van der Waals surface area contributed by atoms with E-state index in [4.69, 9.17) is 4.42 Å². The first-order valence-corrected chi connectivity index (χ1v) is 7.63. The molecule has 1 aromatic carbocycles. The molecule has 1 aromatic heterocycles. The molecule has 1 heterocycles. The first-order chi connectivity index (χ1) is 9.77. The number of hydrogen-bond acceptors (Lipinski definition) is 6. The van der Waals surface area contributed by atoms with Gasteiger partial charge >= 0.3 is 5.88 Å². The number of nitro groups is 1. The average molecular weight is 314 g/mol. The number of sulfone groups is 1. The third-order valence-corrected chi connectivity index (χ3v) is 3.76. The van der Waals surface area contributed by atoms with E-state index in [1.54, 1.807) is 0 Å². The Morgan fingerprint density at radius 1 is 1.33 bits per heavy atom. The summed E-state index contributed by atoms with van der Waals surface area (Å²) in [4.78, 5) is 9.75. The summed E-state index contributed by atoms with van der Waals surface area (Å²) in [7, 11) is -3.45. The van der Waals surface area contributed by atoms with Gasteiger partial charge in [-0.05, 0) is 24.3 Å². The van der Waals surface area contributed by atoms with E-state index < -0.39 is 26.5 Å². The lowest BCUT2D eigenvalue weighted by molar-refractivity contribution is -0.402. The van der Waals surface area contributed by atoms with Crippen molar-refractivity contribution in [2.24, 2.45) is 0 Å². The maximum absolute atomic E-state index is 13.6. The number of anilines is 1. The van der Waals surface area contributed by atoms with E-state index in [1.807, 2.05) is 0 Å². The van der Waals surface area contributed by atoms with Crippen molar-refractivity contribution < 1.29 is 22.1 Å². The first kappa shape index (κ1) is 15.0. The van der Waals surface area contributed by atoms with E-state index >= 15 is 0 Å². The van der Waals surface area contributed by atoms with Crippen molar-refractivity contribution in [3.63, 3.8) is 0 Å².